The Balaban J connectivity index is 1.70. The molecule has 3 heterocycles. The van der Waals surface area contributed by atoms with Gasteiger partial charge in [-0.3, -0.25) is 4.79 Å². The topological polar surface area (TPSA) is 95.4 Å². The van der Waals surface area contributed by atoms with Crippen molar-refractivity contribution in [3.8, 4) is 0 Å². The smallest absolute Gasteiger partial charge is 0.349 e. The number of nitrogens with zero attached hydrogens (tertiary/aromatic N) is 4. The van der Waals surface area contributed by atoms with E-state index in [4.69, 9.17) is 0 Å². The van der Waals surface area contributed by atoms with Crippen LogP contribution in [0, 0.1) is 6.92 Å². The number of hydrogen-bond acceptors (Lipinski definition) is 5. The van der Waals surface area contributed by atoms with E-state index in [1.54, 1.807) is 13.0 Å². The van der Waals surface area contributed by atoms with Crippen LogP contribution >= 0.6 is 0 Å². The minimum Gasteiger partial charge on any atom is -0.361 e. The van der Waals surface area contributed by atoms with E-state index in [0.29, 0.717) is 17.3 Å². The number of likely N-dealkylation sites (tertiary alicyclic amines) is 1. The molecule has 0 saturated carbocycles. The molecule has 1 aliphatic rings. The van der Waals surface area contributed by atoms with Gasteiger partial charge < -0.3 is 10.2 Å². The summed E-state index contributed by atoms with van der Waals surface area (Å²) in [6, 6.07) is 1.65. The Morgan fingerprint density at radius 2 is 2.14 bits per heavy atom. The molecule has 21 heavy (non-hydrogen) atoms. The van der Waals surface area contributed by atoms with Crippen LogP contribution in [0.15, 0.2) is 10.9 Å². The fraction of sp³-hybridized carbons (Fsp3) is 0.538. The van der Waals surface area contributed by atoms with Crippen molar-refractivity contribution in [3.05, 3.63) is 22.4 Å². The Labute approximate surface area is 121 Å². The molecular formula is C13H18N6O2. The van der Waals surface area contributed by atoms with Crippen molar-refractivity contribution in [2.75, 3.05) is 25.0 Å². The Hall–Kier alpha value is -2.38. The van der Waals surface area contributed by atoms with E-state index in [1.165, 1.54) is 10.8 Å². The third-order valence-corrected chi connectivity index (χ3v) is 3.70. The van der Waals surface area contributed by atoms with Crippen molar-refractivity contribution in [3.63, 3.8) is 0 Å². The number of hydrogen-bond donors (Lipinski definition) is 2. The van der Waals surface area contributed by atoms with Crippen molar-refractivity contribution in [2.45, 2.75) is 26.2 Å². The SMILES string of the molecule is Cc1nc(NCC(=O)N2CCCCC2)cc2n[nH]c(=O)n12. The Bertz CT molecular complexity index is 713. The highest BCUT2D eigenvalue weighted by Gasteiger charge is 2.16. The lowest BCUT2D eigenvalue weighted by atomic mass is 10.1. The molecular weight excluding hydrogens is 272 g/mol. The number of amides is 1. The van der Waals surface area contributed by atoms with Crippen molar-refractivity contribution >= 4 is 17.4 Å². The first kappa shape index (κ1) is 13.6. The maximum absolute atomic E-state index is 12.1. The first-order chi connectivity index (χ1) is 10.1. The molecule has 1 amide bonds. The van der Waals surface area contributed by atoms with Crippen LogP contribution in [0.25, 0.3) is 5.65 Å². The zero-order valence-corrected chi connectivity index (χ0v) is 11.9. The lowest BCUT2D eigenvalue weighted by Crippen LogP contribution is -2.39. The number of fused-ring (bicyclic) bond motifs is 1. The molecule has 1 saturated heterocycles. The quantitative estimate of drug-likeness (QED) is 0.839. The maximum Gasteiger partial charge on any atom is 0.349 e. The van der Waals surface area contributed by atoms with E-state index in [-0.39, 0.29) is 18.1 Å². The number of piperidine rings is 1. The minimum atomic E-state index is -0.314. The zero-order valence-electron chi connectivity index (χ0n) is 11.9. The number of carbonyl (C=O) groups is 1. The van der Waals surface area contributed by atoms with Crippen LogP contribution in [0.3, 0.4) is 0 Å². The molecule has 8 nitrogen and oxygen atoms in total. The van der Waals surface area contributed by atoms with Crippen LogP contribution in [0.2, 0.25) is 0 Å². The second-order valence-corrected chi connectivity index (χ2v) is 5.21. The lowest BCUT2D eigenvalue weighted by Gasteiger charge is -2.26. The molecule has 2 aromatic heterocycles. The van der Waals surface area contributed by atoms with E-state index >= 15 is 0 Å². The molecule has 8 heteroatoms. The maximum atomic E-state index is 12.1. The molecule has 0 aliphatic carbocycles. The molecule has 0 spiro atoms. The highest BCUT2D eigenvalue weighted by molar-refractivity contribution is 5.80. The molecule has 2 N–H and O–H groups in total. The van der Waals surface area contributed by atoms with E-state index < -0.39 is 0 Å². The number of carbonyl (C=O) groups excluding carboxylic acids is 1. The van der Waals surface area contributed by atoms with Gasteiger partial charge in [0.1, 0.15) is 11.6 Å². The molecule has 112 valence electrons. The van der Waals surface area contributed by atoms with Crippen LogP contribution in [-0.2, 0) is 4.79 Å². The number of rotatable bonds is 3. The van der Waals surface area contributed by atoms with Crippen LogP contribution in [0.1, 0.15) is 25.1 Å². The van der Waals surface area contributed by atoms with Gasteiger partial charge in [-0.05, 0) is 26.2 Å². The minimum absolute atomic E-state index is 0.0773. The first-order valence-electron chi connectivity index (χ1n) is 7.11. The van der Waals surface area contributed by atoms with Crippen LogP contribution in [0.5, 0.6) is 0 Å². The van der Waals surface area contributed by atoms with Gasteiger partial charge in [0.05, 0.1) is 6.54 Å². The monoisotopic (exact) mass is 290 g/mol. The molecule has 3 rings (SSSR count). The Morgan fingerprint density at radius 1 is 1.38 bits per heavy atom. The Morgan fingerprint density at radius 3 is 2.90 bits per heavy atom. The lowest BCUT2D eigenvalue weighted by molar-refractivity contribution is -0.130. The highest BCUT2D eigenvalue weighted by atomic mass is 16.2. The molecule has 0 aromatic carbocycles. The summed E-state index contributed by atoms with van der Waals surface area (Å²) in [6.07, 6.45) is 3.35. The van der Waals surface area contributed by atoms with Crippen molar-refractivity contribution in [2.24, 2.45) is 0 Å². The molecule has 1 fully saturated rings. The third kappa shape index (κ3) is 2.74. The summed E-state index contributed by atoms with van der Waals surface area (Å²) in [5.74, 6) is 1.15. The fourth-order valence-electron chi connectivity index (χ4n) is 2.61. The standard InChI is InChI=1S/C13H18N6O2/c1-9-15-10(7-11-16-17-13(21)19(9)11)14-8-12(20)18-5-3-2-4-6-18/h7,14H,2-6,8H2,1H3,(H,17,21). The normalized spacial score (nSPS) is 15.4. The number of aryl methyl sites for hydroxylation is 1. The summed E-state index contributed by atoms with van der Waals surface area (Å²) in [4.78, 5) is 29.7. The number of anilines is 1. The van der Waals surface area contributed by atoms with Crippen LogP contribution < -0.4 is 11.0 Å². The van der Waals surface area contributed by atoms with Gasteiger partial charge in [0.15, 0.2) is 5.65 Å². The van der Waals surface area contributed by atoms with Gasteiger partial charge in [-0.25, -0.2) is 19.3 Å². The van der Waals surface area contributed by atoms with Crippen LogP contribution in [-0.4, -0.2) is 50.0 Å². The zero-order chi connectivity index (χ0) is 14.8. The summed E-state index contributed by atoms with van der Waals surface area (Å²) < 4.78 is 1.39. The predicted octanol–water partition coefficient (Wildman–Crippen LogP) is 0.150. The molecule has 0 unspecified atom stereocenters. The molecule has 0 radical (unpaired) electrons. The van der Waals surface area contributed by atoms with Crippen molar-refractivity contribution in [1.29, 1.82) is 0 Å². The second-order valence-electron chi connectivity index (χ2n) is 5.21. The van der Waals surface area contributed by atoms with Gasteiger partial charge >= 0.3 is 5.69 Å². The van der Waals surface area contributed by atoms with Crippen molar-refractivity contribution < 1.29 is 4.79 Å². The van der Waals surface area contributed by atoms with Crippen LogP contribution in [0.4, 0.5) is 5.82 Å². The van der Waals surface area contributed by atoms with Gasteiger partial charge in [0.2, 0.25) is 5.91 Å². The number of aromatic amines is 1. The number of nitrogens with one attached hydrogen (secondary N) is 2. The number of H-pyrrole nitrogens is 1. The average Bonchev–Trinajstić information content (AvgIpc) is 2.87. The summed E-state index contributed by atoms with van der Waals surface area (Å²) in [6.45, 7) is 3.60. The molecule has 1 aliphatic heterocycles. The summed E-state index contributed by atoms with van der Waals surface area (Å²) >= 11 is 0. The van der Waals surface area contributed by atoms with Gasteiger partial charge in [0, 0.05) is 19.2 Å². The van der Waals surface area contributed by atoms with Gasteiger partial charge in [-0.2, -0.15) is 5.10 Å². The average molecular weight is 290 g/mol. The van der Waals surface area contributed by atoms with E-state index in [1.807, 2.05) is 4.90 Å². The van der Waals surface area contributed by atoms with Gasteiger partial charge in [-0.15, -0.1) is 0 Å². The summed E-state index contributed by atoms with van der Waals surface area (Å²) in [5.41, 5.74) is 0.173. The molecule has 2 aromatic rings. The highest BCUT2D eigenvalue weighted by Crippen LogP contribution is 2.10. The molecule has 0 atom stereocenters. The number of aromatic nitrogens is 4. The van der Waals surface area contributed by atoms with Gasteiger partial charge in [-0.1, -0.05) is 0 Å². The predicted molar refractivity (Wildman–Crippen MR) is 77.3 cm³/mol. The molecule has 0 bridgehead atoms. The van der Waals surface area contributed by atoms with Gasteiger partial charge in [0.25, 0.3) is 0 Å². The largest absolute Gasteiger partial charge is 0.361 e. The second kappa shape index (κ2) is 5.55. The van der Waals surface area contributed by atoms with E-state index in [2.05, 4.69) is 20.5 Å². The summed E-state index contributed by atoms with van der Waals surface area (Å²) in [7, 11) is 0. The van der Waals surface area contributed by atoms with E-state index in [9.17, 15) is 9.59 Å². The fourth-order valence-corrected chi connectivity index (χ4v) is 2.61. The van der Waals surface area contributed by atoms with E-state index in [0.717, 1.165) is 25.9 Å². The summed E-state index contributed by atoms with van der Waals surface area (Å²) in [5, 5.41) is 9.29. The first-order valence-corrected chi connectivity index (χ1v) is 7.11. The third-order valence-electron chi connectivity index (χ3n) is 3.70. The Kier molecular flexibility index (Phi) is 3.59. The van der Waals surface area contributed by atoms with Crippen molar-refractivity contribution in [1.82, 2.24) is 24.5 Å².